The summed E-state index contributed by atoms with van der Waals surface area (Å²) in [6.45, 7) is 5.58. The molecule has 2 aliphatic rings. The molecule has 0 bridgehead atoms. The largest absolute Gasteiger partial charge is 0.337 e. The van der Waals surface area contributed by atoms with Crippen LogP contribution in [0.3, 0.4) is 0 Å². The van der Waals surface area contributed by atoms with Gasteiger partial charge in [0, 0.05) is 30.4 Å². The molecule has 1 aromatic heterocycles. The molecule has 5 heteroatoms. The molecule has 1 aliphatic heterocycles. The average Bonchev–Trinajstić information content (AvgIpc) is 2.47. The maximum atomic E-state index is 12.7. The van der Waals surface area contributed by atoms with Gasteiger partial charge in [0.25, 0.3) is 5.91 Å². The highest BCUT2D eigenvalue weighted by Crippen LogP contribution is 2.50. The topological polar surface area (TPSA) is 49.3 Å². The maximum Gasteiger partial charge on any atom is 0.272 e. The van der Waals surface area contributed by atoms with Gasteiger partial charge in [0.15, 0.2) is 0 Å². The first kappa shape index (κ1) is 15.4. The lowest BCUT2D eigenvalue weighted by Crippen LogP contribution is -2.54. The third-order valence-electron chi connectivity index (χ3n) is 5.72. The van der Waals surface area contributed by atoms with E-state index in [4.69, 9.17) is 0 Å². The highest BCUT2D eigenvalue weighted by Gasteiger charge is 2.47. The summed E-state index contributed by atoms with van der Waals surface area (Å²) >= 11 is 0. The zero-order valence-corrected chi connectivity index (χ0v) is 14.1. The highest BCUT2D eigenvalue weighted by atomic mass is 16.2. The number of rotatable bonds is 2. The molecule has 1 aliphatic carbocycles. The Labute approximate surface area is 132 Å². The van der Waals surface area contributed by atoms with Gasteiger partial charge in [0.1, 0.15) is 12.0 Å². The number of nitrogens with zero attached hydrogens (tertiary/aromatic N) is 4. The Morgan fingerprint density at radius 3 is 2.45 bits per heavy atom. The molecule has 0 unspecified atom stereocenters. The minimum Gasteiger partial charge on any atom is -0.337 e. The van der Waals surface area contributed by atoms with Crippen LogP contribution in [0.5, 0.6) is 0 Å². The summed E-state index contributed by atoms with van der Waals surface area (Å²) in [7, 11) is 4.33. The molecule has 0 N–H and O–H groups in total. The lowest BCUT2D eigenvalue weighted by molar-refractivity contribution is -0.0232. The van der Waals surface area contributed by atoms with Crippen LogP contribution in [0.4, 0.5) is 0 Å². The molecular formula is C17H26N4O. The van der Waals surface area contributed by atoms with Crippen molar-refractivity contribution in [2.24, 2.45) is 5.41 Å². The van der Waals surface area contributed by atoms with Crippen molar-refractivity contribution in [3.05, 3.63) is 23.3 Å². The van der Waals surface area contributed by atoms with Gasteiger partial charge < -0.3 is 9.80 Å². The Kier molecular flexibility index (Phi) is 3.93. The number of hydrogen-bond acceptors (Lipinski definition) is 4. The number of amides is 1. The molecule has 1 spiro atoms. The number of aryl methyl sites for hydroxylation is 1. The van der Waals surface area contributed by atoms with Gasteiger partial charge in [-0.05, 0) is 59.0 Å². The summed E-state index contributed by atoms with van der Waals surface area (Å²) in [4.78, 5) is 25.4. The Bertz CT molecular complexity index is 568. The van der Waals surface area contributed by atoms with Crippen molar-refractivity contribution < 1.29 is 4.79 Å². The van der Waals surface area contributed by atoms with E-state index in [2.05, 4.69) is 29.0 Å². The molecule has 1 saturated heterocycles. The van der Waals surface area contributed by atoms with Crippen molar-refractivity contribution in [1.29, 1.82) is 0 Å². The van der Waals surface area contributed by atoms with E-state index in [0.717, 1.165) is 43.2 Å². The van der Waals surface area contributed by atoms with Crippen molar-refractivity contribution in [1.82, 2.24) is 19.8 Å². The minimum absolute atomic E-state index is 0.0707. The average molecular weight is 302 g/mol. The summed E-state index contributed by atoms with van der Waals surface area (Å²) in [6.07, 6.45) is 6.33. The number of piperidine rings is 1. The Morgan fingerprint density at radius 1 is 1.23 bits per heavy atom. The van der Waals surface area contributed by atoms with Gasteiger partial charge in [-0.2, -0.15) is 0 Å². The number of likely N-dealkylation sites (tertiary alicyclic amines) is 1. The van der Waals surface area contributed by atoms with Crippen LogP contribution in [0, 0.1) is 19.3 Å². The summed E-state index contributed by atoms with van der Waals surface area (Å²) in [6, 6.07) is 0.731. The van der Waals surface area contributed by atoms with E-state index in [0.29, 0.717) is 11.1 Å². The van der Waals surface area contributed by atoms with Crippen LogP contribution in [-0.4, -0.2) is 58.9 Å². The predicted molar refractivity (Wildman–Crippen MR) is 85.8 cm³/mol. The first-order valence-corrected chi connectivity index (χ1v) is 8.16. The molecule has 120 valence electrons. The van der Waals surface area contributed by atoms with Gasteiger partial charge in [-0.3, -0.25) is 4.79 Å². The molecule has 0 atom stereocenters. The van der Waals surface area contributed by atoms with Gasteiger partial charge in [0.2, 0.25) is 0 Å². The molecule has 2 fully saturated rings. The number of carbonyl (C=O) groups excluding carboxylic acids is 1. The molecule has 1 amide bonds. The Hall–Kier alpha value is -1.49. The van der Waals surface area contributed by atoms with Crippen LogP contribution in [-0.2, 0) is 0 Å². The molecule has 1 saturated carbocycles. The standard InChI is InChI=1S/C17H26N4O/c1-12-13(2)18-11-19-15(12)16(22)21-7-5-17(6-8-21)9-14(10-17)20(3)4/h11,14H,5-10H2,1-4H3. The van der Waals surface area contributed by atoms with Crippen molar-refractivity contribution in [3.63, 3.8) is 0 Å². The first-order valence-electron chi connectivity index (χ1n) is 8.16. The molecular weight excluding hydrogens is 276 g/mol. The lowest BCUT2D eigenvalue weighted by atomic mass is 9.60. The van der Waals surface area contributed by atoms with Crippen LogP contribution < -0.4 is 0 Å². The van der Waals surface area contributed by atoms with Crippen LogP contribution in [0.15, 0.2) is 6.33 Å². The van der Waals surface area contributed by atoms with Gasteiger partial charge in [-0.1, -0.05) is 0 Å². The molecule has 0 radical (unpaired) electrons. The molecule has 22 heavy (non-hydrogen) atoms. The number of carbonyl (C=O) groups is 1. The molecule has 1 aromatic rings. The quantitative estimate of drug-likeness (QED) is 0.839. The second-order valence-corrected chi connectivity index (χ2v) is 7.25. The van der Waals surface area contributed by atoms with Crippen molar-refractivity contribution >= 4 is 5.91 Å². The van der Waals surface area contributed by atoms with E-state index >= 15 is 0 Å². The maximum absolute atomic E-state index is 12.7. The van der Waals surface area contributed by atoms with Crippen molar-refractivity contribution in [2.75, 3.05) is 27.2 Å². The summed E-state index contributed by atoms with van der Waals surface area (Å²) < 4.78 is 0. The second kappa shape index (κ2) is 5.61. The zero-order valence-electron chi connectivity index (χ0n) is 14.1. The summed E-state index contributed by atoms with van der Waals surface area (Å²) in [5, 5.41) is 0. The van der Waals surface area contributed by atoms with Gasteiger partial charge in [-0.25, -0.2) is 9.97 Å². The van der Waals surface area contributed by atoms with E-state index in [1.165, 1.54) is 19.2 Å². The first-order chi connectivity index (χ1) is 10.4. The third kappa shape index (κ3) is 2.62. The van der Waals surface area contributed by atoms with E-state index in [9.17, 15) is 4.79 Å². The second-order valence-electron chi connectivity index (χ2n) is 7.25. The fraction of sp³-hybridized carbons (Fsp3) is 0.706. The fourth-order valence-corrected chi connectivity index (χ4v) is 3.80. The lowest BCUT2D eigenvalue weighted by Gasteiger charge is -2.54. The van der Waals surface area contributed by atoms with E-state index in [-0.39, 0.29) is 5.91 Å². The Balaban J connectivity index is 1.62. The van der Waals surface area contributed by atoms with E-state index < -0.39 is 0 Å². The number of aromatic nitrogens is 2. The molecule has 0 aromatic carbocycles. The Morgan fingerprint density at radius 2 is 1.86 bits per heavy atom. The molecule has 3 rings (SSSR count). The van der Waals surface area contributed by atoms with Gasteiger partial charge in [-0.15, -0.1) is 0 Å². The van der Waals surface area contributed by atoms with Crippen LogP contribution >= 0.6 is 0 Å². The predicted octanol–water partition coefficient (Wildman–Crippen LogP) is 2.04. The smallest absolute Gasteiger partial charge is 0.272 e. The van der Waals surface area contributed by atoms with Crippen molar-refractivity contribution in [3.8, 4) is 0 Å². The SMILES string of the molecule is Cc1ncnc(C(=O)N2CCC3(CC2)CC(N(C)C)C3)c1C. The molecule has 5 nitrogen and oxygen atoms in total. The van der Waals surface area contributed by atoms with Crippen LogP contribution in [0.2, 0.25) is 0 Å². The molecule has 2 heterocycles. The van der Waals surface area contributed by atoms with E-state index in [1.54, 1.807) is 0 Å². The summed E-state index contributed by atoms with van der Waals surface area (Å²) in [5.41, 5.74) is 2.86. The third-order valence-corrected chi connectivity index (χ3v) is 5.72. The number of hydrogen-bond donors (Lipinski definition) is 0. The van der Waals surface area contributed by atoms with Crippen LogP contribution in [0.1, 0.15) is 47.4 Å². The monoisotopic (exact) mass is 302 g/mol. The van der Waals surface area contributed by atoms with E-state index in [1.807, 2.05) is 18.7 Å². The van der Waals surface area contributed by atoms with Crippen LogP contribution in [0.25, 0.3) is 0 Å². The highest BCUT2D eigenvalue weighted by molar-refractivity contribution is 5.93. The minimum atomic E-state index is 0.0707. The fourth-order valence-electron chi connectivity index (χ4n) is 3.80. The summed E-state index contributed by atoms with van der Waals surface area (Å²) in [5.74, 6) is 0.0707. The zero-order chi connectivity index (χ0) is 15.9. The van der Waals surface area contributed by atoms with Gasteiger partial charge >= 0.3 is 0 Å². The van der Waals surface area contributed by atoms with Crippen molar-refractivity contribution in [2.45, 2.75) is 45.6 Å². The van der Waals surface area contributed by atoms with Gasteiger partial charge in [0.05, 0.1) is 0 Å². The normalized spacial score (nSPS) is 21.2.